The summed E-state index contributed by atoms with van der Waals surface area (Å²) in [6, 6.07) is 7.42. The second-order valence-corrected chi connectivity index (χ2v) is 3.65. The van der Waals surface area contributed by atoms with Crippen molar-refractivity contribution in [1.82, 2.24) is 9.97 Å². The first-order valence-corrected chi connectivity index (χ1v) is 5.50. The summed E-state index contributed by atoms with van der Waals surface area (Å²) in [5.74, 6) is -0.522. The summed E-state index contributed by atoms with van der Waals surface area (Å²) < 4.78 is 5.44. The molecule has 0 unspecified atom stereocenters. The monoisotopic (exact) mass is 244 g/mol. The number of carboxylic acids is 1. The Morgan fingerprint density at radius 3 is 2.67 bits per heavy atom. The Morgan fingerprint density at radius 2 is 2.06 bits per heavy atom. The van der Waals surface area contributed by atoms with Gasteiger partial charge in [-0.3, -0.25) is 0 Å². The van der Waals surface area contributed by atoms with E-state index in [1.165, 1.54) is 18.1 Å². The van der Waals surface area contributed by atoms with Gasteiger partial charge >= 0.3 is 5.97 Å². The van der Waals surface area contributed by atoms with Crippen molar-refractivity contribution < 1.29 is 14.6 Å². The van der Waals surface area contributed by atoms with Gasteiger partial charge in [-0.2, -0.15) is 0 Å². The lowest BCUT2D eigenvalue weighted by Crippen LogP contribution is -2.02. The van der Waals surface area contributed by atoms with Crippen LogP contribution in [0.1, 0.15) is 22.8 Å². The van der Waals surface area contributed by atoms with Crippen LogP contribution >= 0.6 is 0 Å². The predicted octanol–water partition coefficient (Wildman–Crippen LogP) is 2.53. The zero-order valence-electron chi connectivity index (χ0n) is 9.83. The van der Waals surface area contributed by atoms with Crippen molar-refractivity contribution in [2.75, 3.05) is 0 Å². The molecule has 1 N–H and O–H groups in total. The zero-order chi connectivity index (χ0) is 13.0. The number of nitrogens with zero attached hydrogens (tertiary/aromatic N) is 2. The highest BCUT2D eigenvalue weighted by molar-refractivity contribution is 5.89. The van der Waals surface area contributed by atoms with Crippen LogP contribution in [-0.2, 0) is 6.42 Å². The van der Waals surface area contributed by atoms with Crippen molar-refractivity contribution in [2.45, 2.75) is 13.3 Å². The molecule has 5 heteroatoms. The largest absolute Gasteiger partial charge is 0.477 e. The molecule has 0 fully saturated rings. The van der Waals surface area contributed by atoms with Crippen LogP contribution in [0.15, 0.2) is 36.8 Å². The lowest BCUT2D eigenvalue weighted by molar-refractivity contribution is 0.0693. The Kier molecular flexibility index (Phi) is 3.52. The number of rotatable bonds is 4. The summed E-state index contributed by atoms with van der Waals surface area (Å²) in [7, 11) is 0. The third kappa shape index (κ3) is 2.63. The molecule has 0 radical (unpaired) electrons. The summed E-state index contributed by atoms with van der Waals surface area (Å²) in [5.41, 5.74) is 1.13. The van der Waals surface area contributed by atoms with Crippen LogP contribution in [0.3, 0.4) is 0 Å². The maximum absolute atomic E-state index is 11.0. The van der Waals surface area contributed by atoms with E-state index in [0.717, 1.165) is 6.42 Å². The molecule has 1 aromatic carbocycles. The van der Waals surface area contributed by atoms with Crippen LogP contribution in [0.5, 0.6) is 11.6 Å². The van der Waals surface area contributed by atoms with Crippen LogP contribution < -0.4 is 4.74 Å². The molecule has 0 saturated carbocycles. The molecule has 1 aromatic heterocycles. The summed E-state index contributed by atoms with van der Waals surface area (Å²) in [6.07, 6.45) is 3.40. The minimum atomic E-state index is -1.12. The SMILES string of the molecule is CCc1ccc(Oc2ncncc2C(=O)O)cc1. The van der Waals surface area contributed by atoms with E-state index in [2.05, 4.69) is 16.9 Å². The van der Waals surface area contributed by atoms with Gasteiger partial charge in [0.2, 0.25) is 5.88 Å². The Morgan fingerprint density at radius 1 is 1.33 bits per heavy atom. The smallest absolute Gasteiger partial charge is 0.342 e. The Hall–Kier alpha value is -2.43. The summed E-state index contributed by atoms with van der Waals surface area (Å²) in [5, 5.41) is 8.97. The highest BCUT2D eigenvalue weighted by Crippen LogP contribution is 2.22. The molecule has 1 heterocycles. The molecule has 2 rings (SSSR count). The van der Waals surface area contributed by atoms with Gasteiger partial charge in [0.05, 0.1) is 0 Å². The Balaban J connectivity index is 2.25. The highest BCUT2D eigenvalue weighted by Gasteiger charge is 2.13. The van der Waals surface area contributed by atoms with Gasteiger partial charge in [0, 0.05) is 6.20 Å². The zero-order valence-corrected chi connectivity index (χ0v) is 9.83. The van der Waals surface area contributed by atoms with E-state index in [-0.39, 0.29) is 11.4 Å². The topological polar surface area (TPSA) is 72.3 Å². The molecule has 92 valence electrons. The molecule has 0 amide bonds. The fraction of sp³-hybridized carbons (Fsp3) is 0.154. The molecule has 0 aliphatic carbocycles. The number of hydrogen-bond donors (Lipinski definition) is 1. The minimum absolute atomic E-state index is 0.0433. The second kappa shape index (κ2) is 5.27. The molecule has 0 bridgehead atoms. The van der Waals surface area contributed by atoms with Gasteiger partial charge in [0.1, 0.15) is 17.6 Å². The molecular weight excluding hydrogens is 232 g/mol. The third-order valence-corrected chi connectivity index (χ3v) is 2.45. The van der Waals surface area contributed by atoms with Gasteiger partial charge in [-0.1, -0.05) is 19.1 Å². The summed E-state index contributed by atoms with van der Waals surface area (Å²) in [6.45, 7) is 2.06. The molecule has 2 aromatic rings. The lowest BCUT2D eigenvalue weighted by atomic mass is 10.2. The average molecular weight is 244 g/mol. The maximum atomic E-state index is 11.0. The molecule has 0 aliphatic rings. The van der Waals surface area contributed by atoms with Crippen LogP contribution in [0.4, 0.5) is 0 Å². The van der Waals surface area contributed by atoms with Gasteiger partial charge < -0.3 is 9.84 Å². The predicted molar refractivity (Wildman–Crippen MR) is 64.9 cm³/mol. The van der Waals surface area contributed by atoms with E-state index in [9.17, 15) is 4.79 Å². The molecule has 0 spiro atoms. The normalized spacial score (nSPS) is 10.1. The van der Waals surface area contributed by atoms with Gasteiger partial charge in [-0.25, -0.2) is 14.8 Å². The summed E-state index contributed by atoms with van der Waals surface area (Å²) in [4.78, 5) is 18.4. The molecule has 0 saturated heterocycles. The number of aromatic carboxylic acids is 1. The first-order valence-electron chi connectivity index (χ1n) is 5.50. The lowest BCUT2D eigenvalue weighted by Gasteiger charge is -2.07. The number of aromatic nitrogens is 2. The standard InChI is InChI=1S/C13H12N2O3/c1-2-9-3-5-10(6-4-9)18-12-11(13(16)17)7-14-8-15-12/h3-8H,2H2,1H3,(H,16,17). The van der Waals surface area contributed by atoms with Crippen molar-refractivity contribution in [2.24, 2.45) is 0 Å². The molecular formula is C13H12N2O3. The first kappa shape index (κ1) is 12.0. The minimum Gasteiger partial charge on any atom is -0.477 e. The van der Waals surface area contributed by atoms with Crippen molar-refractivity contribution >= 4 is 5.97 Å². The van der Waals surface area contributed by atoms with Crippen molar-refractivity contribution in [1.29, 1.82) is 0 Å². The third-order valence-electron chi connectivity index (χ3n) is 2.45. The molecule has 0 aliphatic heterocycles. The number of benzene rings is 1. The van der Waals surface area contributed by atoms with Crippen molar-refractivity contribution in [3.63, 3.8) is 0 Å². The summed E-state index contributed by atoms with van der Waals surface area (Å²) >= 11 is 0. The number of carboxylic acid groups (broad SMARTS) is 1. The quantitative estimate of drug-likeness (QED) is 0.894. The van der Waals surface area contributed by atoms with E-state index < -0.39 is 5.97 Å². The van der Waals surface area contributed by atoms with E-state index in [1.54, 1.807) is 12.1 Å². The highest BCUT2D eigenvalue weighted by atomic mass is 16.5. The fourth-order valence-electron chi connectivity index (χ4n) is 1.45. The van der Waals surface area contributed by atoms with Crippen LogP contribution in [0, 0.1) is 0 Å². The molecule has 18 heavy (non-hydrogen) atoms. The van der Waals surface area contributed by atoms with Crippen LogP contribution in [0.2, 0.25) is 0 Å². The average Bonchev–Trinajstić information content (AvgIpc) is 2.40. The van der Waals surface area contributed by atoms with Crippen molar-refractivity contribution in [3.05, 3.63) is 47.9 Å². The van der Waals surface area contributed by atoms with Gasteiger partial charge in [0.25, 0.3) is 0 Å². The maximum Gasteiger partial charge on any atom is 0.342 e. The molecule has 5 nitrogen and oxygen atoms in total. The van der Waals surface area contributed by atoms with Crippen molar-refractivity contribution in [3.8, 4) is 11.6 Å². The van der Waals surface area contributed by atoms with E-state index in [0.29, 0.717) is 5.75 Å². The fourth-order valence-corrected chi connectivity index (χ4v) is 1.45. The Labute approximate surface area is 104 Å². The van der Waals surface area contributed by atoms with E-state index >= 15 is 0 Å². The first-order chi connectivity index (χ1) is 8.70. The van der Waals surface area contributed by atoms with Gasteiger partial charge in [-0.15, -0.1) is 0 Å². The van der Waals surface area contributed by atoms with Crippen LogP contribution in [-0.4, -0.2) is 21.0 Å². The van der Waals surface area contributed by atoms with Crippen LogP contribution in [0.25, 0.3) is 0 Å². The van der Waals surface area contributed by atoms with Gasteiger partial charge in [0.15, 0.2) is 0 Å². The van der Waals surface area contributed by atoms with E-state index in [4.69, 9.17) is 9.84 Å². The second-order valence-electron chi connectivity index (χ2n) is 3.65. The molecule has 0 atom stereocenters. The van der Waals surface area contributed by atoms with E-state index in [1.807, 2.05) is 12.1 Å². The number of aryl methyl sites for hydroxylation is 1. The van der Waals surface area contributed by atoms with Gasteiger partial charge in [-0.05, 0) is 24.1 Å². The number of hydrogen-bond acceptors (Lipinski definition) is 4. The Bertz CT molecular complexity index is 552. The number of carbonyl (C=O) groups is 1. The number of ether oxygens (including phenoxy) is 1.